The van der Waals surface area contributed by atoms with E-state index in [2.05, 4.69) is 0 Å². The Morgan fingerprint density at radius 2 is 1.57 bits per heavy atom. The van der Waals surface area contributed by atoms with Crippen LogP contribution in [0.1, 0.15) is 22.8 Å². The molecule has 0 radical (unpaired) electrons. The number of hydrogen-bond acceptors (Lipinski definition) is 3. The third-order valence-corrected chi connectivity index (χ3v) is 3.28. The molecular formula is C16H16F2O3. The standard InChI is InChI=1S/C16H16F2O3/c1-9-4-5-13(17)14(15(9)18)16(19)10-6-11(20-2)8-12(7-10)21-3/h4-8,16,19H,1-3H3. The molecule has 0 spiro atoms. The Morgan fingerprint density at radius 1 is 1.00 bits per heavy atom. The van der Waals surface area contributed by atoms with E-state index in [0.29, 0.717) is 11.5 Å². The average Bonchev–Trinajstić information content (AvgIpc) is 2.50. The van der Waals surface area contributed by atoms with Crippen molar-refractivity contribution < 1.29 is 23.4 Å². The van der Waals surface area contributed by atoms with E-state index >= 15 is 0 Å². The molecule has 0 aliphatic carbocycles. The molecule has 1 N–H and O–H groups in total. The van der Waals surface area contributed by atoms with Gasteiger partial charge in [0.15, 0.2) is 0 Å². The van der Waals surface area contributed by atoms with Crippen molar-refractivity contribution in [2.75, 3.05) is 14.2 Å². The van der Waals surface area contributed by atoms with Gasteiger partial charge < -0.3 is 14.6 Å². The minimum absolute atomic E-state index is 0.264. The maximum Gasteiger partial charge on any atom is 0.135 e. The maximum atomic E-state index is 14.1. The molecule has 0 heterocycles. The van der Waals surface area contributed by atoms with E-state index in [-0.39, 0.29) is 16.7 Å². The van der Waals surface area contributed by atoms with Crippen molar-refractivity contribution in [3.05, 3.63) is 58.7 Å². The molecule has 0 bridgehead atoms. The summed E-state index contributed by atoms with van der Waals surface area (Å²) in [5.74, 6) is -0.703. The highest BCUT2D eigenvalue weighted by Crippen LogP contribution is 2.32. The molecule has 3 nitrogen and oxygen atoms in total. The number of halogens is 2. The second-order valence-corrected chi connectivity index (χ2v) is 4.64. The van der Waals surface area contributed by atoms with Gasteiger partial charge in [-0.1, -0.05) is 6.07 Å². The van der Waals surface area contributed by atoms with Crippen LogP contribution in [-0.2, 0) is 0 Å². The molecule has 0 saturated carbocycles. The van der Waals surface area contributed by atoms with Crippen LogP contribution in [0.2, 0.25) is 0 Å². The van der Waals surface area contributed by atoms with Crippen LogP contribution in [0.25, 0.3) is 0 Å². The highest BCUT2D eigenvalue weighted by atomic mass is 19.1. The molecule has 112 valence electrons. The second kappa shape index (κ2) is 6.10. The molecule has 0 fully saturated rings. The highest BCUT2D eigenvalue weighted by Gasteiger charge is 2.22. The fraction of sp³-hybridized carbons (Fsp3) is 0.250. The van der Waals surface area contributed by atoms with Crippen LogP contribution < -0.4 is 9.47 Å². The topological polar surface area (TPSA) is 38.7 Å². The summed E-state index contributed by atoms with van der Waals surface area (Å²) in [5, 5.41) is 10.3. The molecule has 0 aliphatic heterocycles. The molecule has 2 aromatic rings. The summed E-state index contributed by atoms with van der Waals surface area (Å²) in [5.41, 5.74) is 0.167. The number of aryl methyl sites for hydroxylation is 1. The third-order valence-electron chi connectivity index (χ3n) is 3.28. The fourth-order valence-corrected chi connectivity index (χ4v) is 2.08. The summed E-state index contributed by atoms with van der Waals surface area (Å²) in [6.07, 6.45) is -1.45. The van der Waals surface area contributed by atoms with E-state index in [9.17, 15) is 13.9 Å². The summed E-state index contributed by atoms with van der Waals surface area (Å²) in [7, 11) is 2.91. The lowest BCUT2D eigenvalue weighted by Gasteiger charge is -2.16. The first kappa shape index (κ1) is 15.3. The van der Waals surface area contributed by atoms with Crippen LogP contribution >= 0.6 is 0 Å². The maximum absolute atomic E-state index is 14.1. The monoisotopic (exact) mass is 294 g/mol. The Balaban J connectivity index is 2.54. The van der Waals surface area contributed by atoms with E-state index < -0.39 is 17.7 Å². The zero-order valence-electron chi connectivity index (χ0n) is 12.0. The number of methoxy groups -OCH3 is 2. The number of aliphatic hydroxyl groups is 1. The van der Waals surface area contributed by atoms with Gasteiger partial charge in [-0.3, -0.25) is 0 Å². The van der Waals surface area contributed by atoms with Crippen molar-refractivity contribution in [1.29, 1.82) is 0 Å². The van der Waals surface area contributed by atoms with E-state index in [1.54, 1.807) is 6.07 Å². The molecule has 5 heteroatoms. The van der Waals surface area contributed by atoms with Gasteiger partial charge in [0.25, 0.3) is 0 Å². The smallest absolute Gasteiger partial charge is 0.135 e. The Bertz CT molecular complexity index is 634. The predicted molar refractivity (Wildman–Crippen MR) is 74.7 cm³/mol. The highest BCUT2D eigenvalue weighted by molar-refractivity contribution is 5.43. The van der Waals surface area contributed by atoms with Crippen LogP contribution in [-0.4, -0.2) is 19.3 Å². The van der Waals surface area contributed by atoms with E-state index in [1.165, 1.54) is 39.3 Å². The molecule has 2 rings (SSSR count). The second-order valence-electron chi connectivity index (χ2n) is 4.64. The lowest BCUT2D eigenvalue weighted by Crippen LogP contribution is -2.07. The summed E-state index contributed by atoms with van der Waals surface area (Å²) >= 11 is 0. The molecular weight excluding hydrogens is 278 g/mol. The van der Waals surface area contributed by atoms with E-state index in [4.69, 9.17) is 9.47 Å². The predicted octanol–water partition coefficient (Wildman–Crippen LogP) is 3.37. The third kappa shape index (κ3) is 2.97. The fourth-order valence-electron chi connectivity index (χ4n) is 2.08. The number of rotatable bonds is 4. The lowest BCUT2D eigenvalue weighted by molar-refractivity contribution is 0.207. The minimum atomic E-state index is -1.45. The van der Waals surface area contributed by atoms with Crippen LogP contribution in [0.3, 0.4) is 0 Å². The van der Waals surface area contributed by atoms with Crippen molar-refractivity contribution in [3.8, 4) is 11.5 Å². The van der Waals surface area contributed by atoms with Crippen LogP contribution in [0, 0.1) is 18.6 Å². The molecule has 1 unspecified atom stereocenters. The lowest BCUT2D eigenvalue weighted by atomic mass is 9.98. The van der Waals surface area contributed by atoms with Gasteiger partial charge in [0.2, 0.25) is 0 Å². The molecule has 0 aliphatic rings. The Labute approximate surface area is 121 Å². The van der Waals surface area contributed by atoms with Crippen LogP contribution in [0.4, 0.5) is 8.78 Å². The molecule has 0 amide bonds. The van der Waals surface area contributed by atoms with E-state index in [1.807, 2.05) is 0 Å². The Kier molecular flexibility index (Phi) is 4.43. The van der Waals surface area contributed by atoms with Gasteiger partial charge >= 0.3 is 0 Å². The molecule has 2 aromatic carbocycles. The van der Waals surface area contributed by atoms with Gasteiger partial charge in [0, 0.05) is 6.07 Å². The minimum Gasteiger partial charge on any atom is -0.497 e. The van der Waals surface area contributed by atoms with Crippen molar-refractivity contribution in [3.63, 3.8) is 0 Å². The van der Waals surface area contributed by atoms with E-state index in [0.717, 1.165) is 6.07 Å². The van der Waals surface area contributed by atoms with Crippen LogP contribution in [0.15, 0.2) is 30.3 Å². The van der Waals surface area contributed by atoms with Gasteiger partial charge in [-0.05, 0) is 36.2 Å². The molecule has 0 saturated heterocycles. The summed E-state index contributed by atoms with van der Waals surface area (Å²) in [4.78, 5) is 0. The summed E-state index contributed by atoms with van der Waals surface area (Å²) in [6, 6.07) is 7.09. The molecule has 0 aromatic heterocycles. The van der Waals surface area contributed by atoms with Crippen molar-refractivity contribution in [2.45, 2.75) is 13.0 Å². The van der Waals surface area contributed by atoms with Gasteiger partial charge in [-0.25, -0.2) is 8.78 Å². The first-order valence-corrected chi connectivity index (χ1v) is 6.33. The summed E-state index contributed by atoms with van der Waals surface area (Å²) in [6.45, 7) is 1.51. The zero-order valence-corrected chi connectivity index (χ0v) is 12.0. The SMILES string of the molecule is COc1cc(OC)cc(C(O)c2c(F)ccc(C)c2F)c1. The summed E-state index contributed by atoms with van der Waals surface area (Å²) < 4.78 is 38.1. The number of benzene rings is 2. The van der Waals surface area contributed by atoms with Crippen molar-refractivity contribution in [2.24, 2.45) is 0 Å². The van der Waals surface area contributed by atoms with Crippen molar-refractivity contribution in [1.82, 2.24) is 0 Å². The van der Waals surface area contributed by atoms with Crippen molar-refractivity contribution >= 4 is 0 Å². The average molecular weight is 294 g/mol. The van der Waals surface area contributed by atoms with Crippen LogP contribution in [0.5, 0.6) is 11.5 Å². The van der Waals surface area contributed by atoms with Gasteiger partial charge in [-0.15, -0.1) is 0 Å². The normalized spacial score (nSPS) is 12.1. The van der Waals surface area contributed by atoms with Gasteiger partial charge in [-0.2, -0.15) is 0 Å². The largest absolute Gasteiger partial charge is 0.497 e. The molecule has 21 heavy (non-hydrogen) atoms. The number of hydrogen-bond donors (Lipinski definition) is 1. The first-order valence-electron chi connectivity index (χ1n) is 6.33. The Hall–Kier alpha value is -2.14. The van der Waals surface area contributed by atoms with Gasteiger partial charge in [0.1, 0.15) is 29.2 Å². The molecule has 1 atom stereocenters. The van der Waals surface area contributed by atoms with Gasteiger partial charge in [0.05, 0.1) is 19.8 Å². The quantitative estimate of drug-likeness (QED) is 0.939. The number of ether oxygens (including phenoxy) is 2. The Morgan fingerprint density at radius 3 is 2.10 bits per heavy atom. The zero-order chi connectivity index (χ0) is 15.6. The number of aliphatic hydroxyl groups excluding tert-OH is 1. The first-order chi connectivity index (χ1) is 9.97.